The summed E-state index contributed by atoms with van der Waals surface area (Å²) in [6.45, 7) is -0.717. The number of alkyl halides is 2. The second-order valence-corrected chi connectivity index (χ2v) is 2.76. The van der Waals surface area contributed by atoms with Crippen LogP contribution in [0, 0.1) is 0 Å². The molecule has 1 aromatic heterocycles. The third kappa shape index (κ3) is 2.52. The molecule has 3 N–H and O–H groups in total. The zero-order valence-electron chi connectivity index (χ0n) is 7.60. The minimum atomic E-state index is -2.63. The van der Waals surface area contributed by atoms with Crippen molar-refractivity contribution >= 4 is 5.84 Å². The van der Waals surface area contributed by atoms with Gasteiger partial charge in [-0.15, -0.1) is 0 Å². The quantitative estimate of drug-likeness (QED) is 0.328. The van der Waals surface area contributed by atoms with Gasteiger partial charge in [-0.3, -0.25) is 4.79 Å². The molecule has 0 saturated heterocycles. The van der Waals surface area contributed by atoms with Gasteiger partial charge in [-0.2, -0.15) is 0 Å². The zero-order valence-corrected chi connectivity index (χ0v) is 7.60. The van der Waals surface area contributed by atoms with Crippen LogP contribution < -0.4 is 11.3 Å². The molecule has 0 fully saturated rings. The number of halogens is 2. The summed E-state index contributed by atoms with van der Waals surface area (Å²) in [6.07, 6.45) is -1.42. The molecule has 1 aromatic rings. The van der Waals surface area contributed by atoms with Crippen LogP contribution in [0.2, 0.25) is 0 Å². The van der Waals surface area contributed by atoms with E-state index < -0.39 is 24.4 Å². The van der Waals surface area contributed by atoms with E-state index in [2.05, 4.69) is 5.16 Å². The highest BCUT2D eigenvalue weighted by Crippen LogP contribution is 1.97. The van der Waals surface area contributed by atoms with Crippen LogP contribution in [0.3, 0.4) is 0 Å². The summed E-state index contributed by atoms with van der Waals surface area (Å²) in [5, 5.41) is 11.0. The van der Waals surface area contributed by atoms with E-state index >= 15 is 0 Å². The summed E-state index contributed by atoms with van der Waals surface area (Å²) >= 11 is 0. The Balaban J connectivity index is 3.18. The first-order valence-corrected chi connectivity index (χ1v) is 4.01. The van der Waals surface area contributed by atoms with Crippen molar-refractivity contribution in [2.24, 2.45) is 10.9 Å². The maximum Gasteiger partial charge on any atom is 0.261 e. The van der Waals surface area contributed by atoms with Gasteiger partial charge in [-0.1, -0.05) is 5.16 Å². The SMILES string of the molecule is N/C(=N/O)c1cccn(CC(F)F)c1=O. The zero-order chi connectivity index (χ0) is 11.4. The Kier molecular flexibility index (Phi) is 3.37. The first kappa shape index (κ1) is 11.2. The van der Waals surface area contributed by atoms with Crippen LogP contribution >= 0.6 is 0 Å². The third-order valence-corrected chi connectivity index (χ3v) is 1.74. The number of hydrogen-bond acceptors (Lipinski definition) is 3. The predicted molar refractivity (Wildman–Crippen MR) is 49.2 cm³/mol. The van der Waals surface area contributed by atoms with E-state index in [9.17, 15) is 13.6 Å². The number of rotatable bonds is 3. The van der Waals surface area contributed by atoms with Crippen LogP contribution in [-0.4, -0.2) is 22.0 Å². The molecule has 0 amide bonds. The molecule has 0 atom stereocenters. The smallest absolute Gasteiger partial charge is 0.261 e. The van der Waals surface area contributed by atoms with Gasteiger partial charge in [0.2, 0.25) is 0 Å². The maximum absolute atomic E-state index is 12.0. The Bertz CT molecular complexity index is 428. The third-order valence-electron chi connectivity index (χ3n) is 1.74. The average molecular weight is 217 g/mol. The van der Waals surface area contributed by atoms with Gasteiger partial charge in [0, 0.05) is 6.20 Å². The van der Waals surface area contributed by atoms with E-state index in [1.807, 2.05) is 0 Å². The molecule has 82 valence electrons. The van der Waals surface area contributed by atoms with Gasteiger partial charge in [0.15, 0.2) is 5.84 Å². The van der Waals surface area contributed by atoms with Crippen LogP contribution in [0.25, 0.3) is 0 Å². The number of hydrogen-bond donors (Lipinski definition) is 2. The van der Waals surface area contributed by atoms with Crippen LogP contribution in [0.15, 0.2) is 28.3 Å². The molecule has 0 aliphatic heterocycles. The lowest BCUT2D eigenvalue weighted by molar-refractivity contribution is 0.125. The fourth-order valence-electron chi connectivity index (χ4n) is 1.08. The monoisotopic (exact) mass is 217 g/mol. The van der Waals surface area contributed by atoms with Crippen molar-refractivity contribution in [1.29, 1.82) is 0 Å². The van der Waals surface area contributed by atoms with Gasteiger partial charge < -0.3 is 15.5 Å². The molecule has 1 heterocycles. The lowest BCUT2D eigenvalue weighted by Gasteiger charge is -2.05. The first-order valence-electron chi connectivity index (χ1n) is 4.01. The minimum absolute atomic E-state index is 0.111. The summed E-state index contributed by atoms with van der Waals surface area (Å²) in [7, 11) is 0. The molecule has 0 spiro atoms. The normalized spacial score (nSPS) is 12.1. The van der Waals surface area contributed by atoms with Gasteiger partial charge in [0.25, 0.3) is 12.0 Å². The molecule has 0 aliphatic rings. The first-order chi connectivity index (χ1) is 7.06. The van der Waals surface area contributed by atoms with Gasteiger partial charge in [-0.05, 0) is 12.1 Å². The molecule has 0 aromatic carbocycles. The minimum Gasteiger partial charge on any atom is -0.409 e. The second kappa shape index (κ2) is 4.54. The molecule has 0 unspecified atom stereocenters. The summed E-state index contributed by atoms with van der Waals surface area (Å²) < 4.78 is 24.9. The van der Waals surface area contributed by atoms with Crippen molar-refractivity contribution in [2.75, 3.05) is 0 Å². The van der Waals surface area contributed by atoms with Crippen molar-refractivity contribution in [3.8, 4) is 0 Å². The summed E-state index contributed by atoms with van der Waals surface area (Å²) in [6, 6.07) is 2.66. The van der Waals surface area contributed by atoms with E-state index in [1.54, 1.807) is 0 Å². The van der Waals surface area contributed by atoms with Crippen molar-refractivity contribution in [3.63, 3.8) is 0 Å². The summed E-state index contributed by atoms with van der Waals surface area (Å²) in [5.41, 5.74) is 4.37. The number of pyridine rings is 1. The van der Waals surface area contributed by atoms with Gasteiger partial charge in [0.05, 0.1) is 12.1 Å². The highest BCUT2D eigenvalue weighted by Gasteiger charge is 2.10. The van der Waals surface area contributed by atoms with Gasteiger partial charge in [-0.25, -0.2) is 8.78 Å². The molecule has 0 saturated carbocycles. The van der Waals surface area contributed by atoms with E-state index in [1.165, 1.54) is 18.3 Å². The average Bonchev–Trinajstić information content (AvgIpc) is 2.19. The number of nitrogens with two attached hydrogens (primary N) is 1. The van der Waals surface area contributed by atoms with E-state index in [0.29, 0.717) is 0 Å². The Morgan fingerprint density at radius 3 is 2.87 bits per heavy atom. The van der Waals surface area contributed by atoms with E-state index in [-0.39, 0.29) is 5.56 Å². The van der Waals surface area contributed by atoms with Crippen molar-refractivity contribution in [3.05, 3.63) is 34.2 Å². The molecule has 0 aliphatic carbocycles. The lowest BCUT2D eigenvalue weighted by atomic mass is 10.2. The fourth-order valence-corrected chi connectivity index (χ4v) is 1.08. The Morgan fingerprint density at radius 2 is 2.33 bits per heavy atom. The largest absolute Gasteiger partial charge is 0.409 e. The maximum atomic E-state index is 12.0. The van der Waals surface area contributed by atoms with Crippen molar-refractivity contribution in [1.82, 2.24) is 4.57 Å². The van der Waals surface area contributed by atoms with Crippen molar-refractivity contribution in [2.45, 2.75) is 13.0 Å². The van der Waals surface area contributed by atoms with Crippen molar-refractivity contribution < 1.29 is 14.0 Å². The summed E-state index contributed by atoms with van der Waals surface area (Å²) in [4.78, 5) is 11.5. The van der Waals surface area contributed by atoms with Crippen LogP contribution in [-0.2, 0) is 6.54 Å². The van der Waals surface area contributed by atoms with Gasteiger partial charge >= 0.3 is 0 Å². The Hall–Kier alpha value is -1.92. The highest BCUT2D eigenvalue weighted by molar-refractivity contribution is 5.96. The molecule has 5 nitrogen and oxygen atoms in total. The highest BCUT2D eigenvalue weighted by atomic mass is 19.3. The topological polar surface area (TPSA) is 80.6 Å². The standard InChI is InChI=1S/C8H9F2N3O2/c9-6(10)4-13-3-1-2-5(8(13)14)7(11)12-15/h1-3,6,15H,4H2,(H2,11,12). The fraction of sp³-hybridized carbons (Fsp3) is 0.250. The molecular weight excluding hydrogens is 208 g/mol. The molecule has 7 heteroatoms. The second-order valence-electron chi connectivity index (χ2n) is 2.76. The van der Waals surface area contributed by atoms with E-state index in [4.69, 9.17) is 10.9 Å². The Labute approximate surface area is 83.4 Å². The lowest BCUT2D eigenvalue weighted by Crippen LogP contribution is -2.31. The van der Waals surface area contributed by atoms with Crippen LogP contribution in [0.4, 0.5) is 8.78 Å². The molecule has 15 heavy (non-hydrogen) atoms. The number of nitrogens with zero attached hydrogens (tertiary/aromatic N) is 2. The Morgan fingerprint density at radius 1 is 1.67 bits per heavy atom. The number of aromatic nitrogens is 1. The van der Waals surface area contributed by atoms with Gasteiger partial charge in [0.1, 0.15) is 0 Å². The molecule has 1 rings (SSSR count). The molecule has 0 bridgehead atoms. The van der Waals surface area contributed by atoms with Crippen LogP contribution in [0.1, 0.15) is 5.56 Å². The number of amidine groups is 1. The molecule has 0 radical (unpaired) electrons. The van der Waals surface area contributed by atoms with E-state index in [0.717, 1.165) is 4.57 Å². The number of oxime groups is 1. The molecular formula is C8H9F2N3O2. The summed E-state index contributed by atoms with van der Waals surface area (Å²) in [5.74, 6) is -0.399. The van der Waals surface area contributed by atoms with Crippen LogP contribution in [0.5, 0.6) is 0 Å². The predicted octanol–water partition coefficient (Wildman–Crippen LogP) is 0.208.